The molecule has 62 valence electrons. The van der Waals surface area contributed by atoms with Gasteiger partial charge in [-0.05, 0) is 40.3 Å². The number of hydrogen-bond acceptors (Lipinski definition) is 2. The van der Waals surface area contributed by atoms with Crippen LogP contribution < -0.4 is 0 Å². The molecule has 0 saturated carbocycles. The van der Waals surface area contributed by atoms with Crippen LogP contribution in [0.1, 0.15) is 11.1 Å². The van der Waals surface area contributed by atoms with Crippen LogP contribution in [0, 0.1) is 20.7 Å². The molecule has 1 rings (SSSR count). The van der Waals surface area contributed by atoms with Crippen molar-refractivity contribution >= 4 is 22.6 Å². The average Bonchev–Trinajstić information content (AvgIpc) is 2.09. The quantitative estimate of drug-likeness (QED) is 0.795. The first-order valence-corrected chi connectivity index (χ1v) is 4.25. The molecule has 1 N–H and O–H groups in total. The van der Waals surface area contributed by atoms with Crippen LogP contribution in [0.5, 0.6) is 0 Å². The number of aliphatic hydroxyl groups excluding tert-OH is 1. The highest BCUT2D eigenvalue weighted by Gasteiger charge is 2.06. The van der Waals surface area contributed by atoms with Crippen LogP contribution in [0.15, 0.2) is 12.1 Å². The molecular formula is C8H5FINO. The summed E-state index contributed by atoms with van der Waals surface area (Å²) in [6.45, 7) is -0.237. The molecule has 0 aliphatic rings. The van der Waals surface area contributed by atoms with Gasteiger partial charge in [0, 0.05) is 3.57 Å². The molecule has 0 saturated heterocycles. The predicted octanol–water partition coefficient (Wildman–Crippen LogP) is 1.79. The Labute approximate surface area is 82.8 Å². The van der Waals surface area contributed by atoms with Crippen molar-refractivity contribution in [2.45, 2.75) is 6.61 Å². The summed E-state index contributed by atoms with van der Waals surface area (Å²) in [5.41, 5.74) is 0.652. The molecule has 0 atom stereocenters. The third-order valence-electron chi connectivity index (χ3n) is 1.44. The standard InChI is InChI=1S/C8H5FINO/c9-7-1-5(3-11)6(4-12)2-8(7)10/h1-2,12H,4H2. The van der Waals surface area contributed by atoms with Gasteiger partial charge in [-0.1, -0.05) is 0 Å². The van der Waals surface area contributed by atoms with Gasteiger partial charge in [-0.25, -0.2) is 4.39 Å². The lowest BCUT2D eigenvalue weighted by Gasteiger charge is -2.01. The Morgan fingerprint density at radius 2 is 2.25 bits per heavy atom. The first-order chi connectivity index (χ1) is 5.69. The molecule has 0 aliphatic carbocycles. The Morgan fingerprint density at radius 3 is 2.75 bits per heavy atom. The van der Waals surface area contributed by atoms with Crippen LogP contribution in [0.2, 0.25) is 0 Å². The molecule has 0 aliphatic heterocycles. The zero-order chi connectivity index (χ0) is 9.14. The van der Waals surface area contributed by atoms with E-state index in [1.165, 1.54) is 6.07 Å². The zero-order valence-corrected chi connectivity index (χ0v) is 8.17. The van der Waals surface area contributed by atoms with Gasteiger partial charge in [-0.2, -0.15) is 5.26 Å². The molecule has 0 spiro atoms. The van der Waals surface area contributed by atoms with E-state index in [1.807, 2.05) is 28.7 Å². The second-order valence-corrected chi connectivity index (χ2v) is 3.36. The summed E-state index contributed by atoms with van der Waals surface area (Å²) in [7, 11) is 0. The Bertz CT molecular complexity index is 346. The number of nitriles is 1. The van der Waals surface area contributed by atoms with Crippen molar-refractivity contribution in [2.75, 3.05) is 0 Å². The van der Waals surface area contributed by atoms with E-state index in [0.29, 0.717) is 9.13 Å². The molecule has 0 bridgehead atoms. The molecule has 0 amide bonds. The van der Waals surface area contributed by atoms with Crippen molar-refractivity contribution in [1.82, 2.24) is 0 Å². The Morgan fingerprint density at radius 1 is 1.58 bits per heavy atom. The molecular weight excluding hydrogens is 272 g/mol. The van der Waals surface area contributed by atoms with E-state index in [-0.39, 0.29) is 12.2 Å². The predicted molar refractivity (Wildman–Crippen MR) is 49.8 cm³/mol. The Hall–Kier alpha value is -0.670. The fourth-order valence-electron chi connectivity index (χ4n) is 0.823. The summed E-state index contributed by atoms with van der Waals surface area (Å²) >= 11 is 1.81. The minimum atomic E-state index is -0.427. The van der Waals surface area contributed by atoms with Crippen LogP contribution in [0.25, 0.3) is 0 Å². The fraction of sp³-hybridized carbons (Fsp3) is 0.125. The molecule has 1 aromatic rings. The topological polar surface area (TPSA) is 44.0 Å². The minimum Gasteiger partial charge on any atom is -0.392 e. The zero-order valence-electron chi connectivity index (χ0n) is 6.01. The molecule has 0 heterocycles. The Balaban J connectivity index is 3.31. The fourth-order valence-corrected chi connectivity index (χ4v) is 1.35. The summed E-state index contributed by atoms with van der Waals surface area (Å²) in [5.74, 6) is -0.427. The number of nitrogens with zero attached hydrogens (tertiary/aromatic N) is 1. The third-order valence-corrected chi connectivity index (χ3v) is 2.26. The number of hydrogen-bond donors (Lipinski definition) is 1. The first kappa shape index (κ1) is 9.42. The molecule has 0 unspecified atom stereocenters. The summed E-state index contributed by atoms with van der Waals surface area (Å²) < 4.78 is 13.3. The van der Waals surface area contributed by atoms with Crippen molar-refractivity contribution in [3.8, 4) is 6.07 Å². The number of aliphatic hydroxyl groups is 1. The lowest BCUT2D eigenvalue weighted by molar-refractivity contribution is 0.281. The molecule has 4 heteroatoms. The van der Waals surface area contributed by atoms with Crippen molar-refractivity contribution in [3.05, 3.63) is 32.6 Å². The lowest BCUT2D eigenvalue weighted by Crippen LogP contribution is -1.93. The van der Waals surface area contributed by atoms with E-state index in [2.05, 4.69) is 0 Å². The second-order valence-electron chi connectivity index (χ2n) is 2.19. The van der Waals surface area contributed by atoms with E-state index in [0.717, 1.165) is 6.07 Å². The maximum absolute atomic E-state index is 12.8. The van der Waals surface area contributed by atoms with E-state index in [9.17, 15) is 4.39 Å². The van der Waals surface area contributed by atoms with Crippen LogP contribution in [0.3, 0.4) is 0 Å². The van der Waals surface area contributed by atoms with E-state index in [1.54, 1.807) is 0 Å². The molecule has 2 nitrogen and oxygen atoms in total. The monoisotopic (exact) mass is 277 g/mol. The van der Waals surface area contributed by atoms with Gasteiger partial charge in [0.25, 0.3) is 0 Å². The highest BCUT2D eigenvalue weighted by Crippen LogP contribution is 2.17. The van der Waals surface area contributed by atoms with Crippen molar-refractivity contribution in [1.29, 1.82) is 5.26 Å². The molecule has 12 heavy (non-hydrogen) atoms. The van der Waals surface area contributed by atoms with Gasteiger partial charge in [0.2, 0.25) is 0 Å². The van der Waals surface area contributed by atoms with Crippen LogP contribution in [-0.2, 0) is 6.61 Å². The number of rotatable bonds is 1. The van der Waals surface area contributed by atoms with E-state index < -0.39 is 5.82 Å². The van der Waals surface area contributed by atoms with Gasteiger partial charge >= 0.3 is 0 Å². The normalized spacial score (nSPS) is 9.50. The summed E-state index contributed by atoms with van der Waals surface area (Å²) in [5, 5.41) is 17.3. The maximum atomic E-state index is 12.8. The first-order valence-electron chi connectivity index (χ1n) is 3.18. The van der Waals surface area contributed by atoms with Gasteiger partial charge in [0.05, 0.1) is 18.2 Å². The van der Waals surface area contributed by atoms with Crippen LogP contribution >= 0.6 is 22.6 Å². The van der Waals surface area contributed by atoms with Crippen LogP contribution in [-0.4, -0.2) is 5.11 Å². The van der Waals surface area contributed by atoms with Crippen molar-refractivity contribution in [2.24, 2.45) is 0 Å². The molecule has 0 fully saturated rings. The summed E-state index contributed by atoms with van der Waals surface area (Å²) in [6, 6.07) is 4.41. The molecule has 0 aromatic heterocycles. The number of benzene rings is 1. The third kappa shape index (κ3) is 1.73. The smallest absolute Gasteiger partial charge is 0.137 e. The summed E-state index contributed by atoms with van der Waals surface area (Å²) in [6.07, 6.45) is 0. The largest absolute Gasteiger partial charge is 0.392 e. The number of halogens is 2. The van der Waals surface area contributed by atoms with Crippen LogP contribution in [0.4, 0.5) is 4.39 Å². The SMILES string of the molecule is N#Cc1cc(F)c(I)cc1CO. The average molecular weight is 277 g/mol. The Kier molecular flexibility index (Phi) is 3.00. The van der Waals surface area contributed by atoms with Gasteiger partial charge in [0.15, 0.2) is 0 Å². The minimum absolute atomic E-state index is 0.190. The summed E-state index contributed by atoms with van der Waals surface area (Å²) in [4.78, 5) is 0. The highest BCUT2D eigenvalue weighted by atomic mass is 127. The van der Waals surface area contributed by atoms with Gasteiger partial charge < -0.3 is 5.11 Å². The van der Waals surface area contributed by atoms with Gasteiger partial charge in [0.1, 0.15) is 5.82 Å². The van der Waals surface area contributed by atoms with Gasteiger partial charge in [-0.3, -0.25) is 0 Å². The second kappa shape index (κ2) is 3.83. The van der Waals surface area contributed by atoms with E-state index in [4.69, 9.17) is 10.4 Å². The maximum Gasteiger partial charge on any atom is 0.137 e. The molecule has 0 radical (unpaired) electrons. The lowest BCUT2D eigenvalue weighted by atomic mass is 10.1. The van der Waals surface area contributed by atoms with Crippen molar-refractivity contribution < 1.29 is 9.50 Å². The van der Waals surface area contributed by atoms with Gasteiger partial charge in [-0.15, -0.1) is 0 Å². The van der Waals surface area contributed by atoms with Crippen molar-refractivity contribution in [3.63, 3.8) is 0 Å². The van der Waals surface area contributed by atoms with E-state index >= 15 is 0 Å². The molecule has 1 aromatic carbocycles. The highest BCUT2D eigenvalue weighted by molar-refractivity contribution is 14.1.